The van der Waals surface area contributed by atoms with Gasteiger partial charge in [0, 0.05) is 68.6 Å². The number of para-hydroxylation sites is 3. The lowest BCUT2D eigenvalue weighted by Gasteiger charge is -2.11. The van der Waals surface area contributed by atoms with Crippen molar-refractivity contribution in [1.29, 1.82) is 0 Å². The fourth-order valence-electron chi connectivity index (χ4n) is 9.94. The van der Waals surface area contributed by atoms with Crippen LogP contribution >= 0.6 is 22.7 Å². The van der Waals surface area contributed by atoms with E-state index in [2.05, 4.69) is 203 Å². The van der Waals surface area contributed by atoms with Crippen molar-refractivity contribution in [2.45, 2.75) is 0 Å². The number of rotatable bonds is 4. The highest BCUT2D eigenvalue weighted by molar-refractivity contribution is 7.26. The smallest absolute Gasteiger partial charge is 0.160 e. The molecule has 14 aromatic rings. The molecule has 6 heteroatoms. The molecule has 62 heavy (non-hydrogen) atoms. The normalized spacial score (nSPS) is 12.2. The lowest BCUT2D eigenvalue weighted by Crippen LogP contribution is -1.95. The Morgan fingerprint density at radius 1 is 0.371 bits per heavy atom. The van der Waals surface area contributed by atoms with Crippen LogP contribution in [-0.4, -0.2) is 19.1 Å². The maximum Gasteiger partial charge on any atom is 0.160 e. The summed E-state index contributed by atoms with van der Waals surface area (Å²) >= 11 is 3.61. The van der Waals surface area contributed by atoms with Crippen molar-refractivity contribution in [2.24, 2.45) is 0 Å². The highest BCUT2D eigenvalue weighted by Gasteiger charge is 2.21. The summed E-state index contributed by atoms with van der Waals surface area (Å²) in [7, 11) is 0. The van der Waals surface area contributed by atoms with Crippen molar-refractivity contribution in [3.8, 4) is 34.0 Å². The standard InChI is InChI=1S/C56H32N4S2/c1-2-15-37(16-3-1)59-44-20-9-6-17-38(44)40-27-25-35(31-47(40)59)53-55-54(42-19-8-11-23-49(42)62-55)58-56(57-53)36-26-28-41-51(32-36)61-50-24-12-22-46(52(41)50)60-45-21-10-7-18-39(45)43-29-33-13-4-5-14-34(33)30-48(43)60/h1-32H. The molecule has 5 heterocycles. The third kappa shape index (κ3) is 4.87. The van der Waals surface area contributed by atoms with E-state index in [0.717, 1.165) is 49.5 Å². The summed E-state index contributed by atoms with van der Waals surface area (Å²) in [6.45, 7) is 0. The summed E-state index contributed by atoms with van der Waals surface area (Å²) < 4.78 is 9.63. The molecule has 0 saturated heterocycles. The minimum atomic E-state index is 0.730. The zero-order valence-electron chi connectivity index (χ0n) is 33.1. The second kappa shape index (κ2) is 12.9. The average molecular weight is 825 g/mol. The predicted octanol–water partition coefficient (Wildman–Crippen LogP) is 15.9. The Hall–Kier alpha value is -7.64. The van der Waals surface area contributed by atoms with Crippen LogP contribution in [-0.2, 0) is 0 Å². The molecule has 4 nitrogen and oxygen atoms in total. The zero-order valence-corrected chi connectivity index (χ0v) is 34.7. The Bertz CT molecular complexity index is 4170. The average Bonchev–Trinajstić information content (AvgIpc) is 4.08. The zero-order chi connectivity index (χ0) is 40.5. The Morgan fingerprint density at radius 3 is 1.87 bits per heavy atom. The number of fused-ring (bicyclic) bond motifs is 13. The maximum atomic E-state index is 5.50. The Kier molecular flexibility index (Phi) is 7.11. The molecule has 0 atom stereocenters. The van der Waals surface area contributed by atoms with Crippen LogP contribution in [0.15, 0.2) is 194 Å². The maximum absolute atomic E-state index is 5.50. The summed E-state index contributed by atoms with van der Waals surface area (Å²) in [6, 6.07) is 70.6. The first-order valence-corrected chi connectivity index (χ1v) is 22.5. The molecule has 0 amide bonds. The van der Waals surface area contributed by atoms with Gasteiger partial charge in [-0.2, -0.15) is 0 Å². The molecule has 0 unspecified atom stereocenters. The van der Waals surface area contributed by atoms with Crippen molar-refractivity contribution >= 4 is 118 Å². The Morgan fingerprint density at radius 2 is 1.02 bits per heavy atom. The van der Waals surface area contributed by atoms with Gasteiger partial charge in [-0.3, -0.25) is 0 Å². The van der Waals surface area contributed by atoms with E-state index in [-0.39, 0.29) is 0 Å². The van der Waals surface area contributed by atoms with Gasteiger partial charge in [-0.1, -0.05) is 127 Å². The van der Waals surface area contributed by atoms with E-state index >= 15 is 0 Å². The molecule has 5 aromatic heterocycles. The van der Waals surface area contributed by atoms with Gasteiger partial charge < -0.3 is 9.13 Å². The van der Waals surface area contributed by atoms with Gasteiger partial charge in [0.1, 0.15) is 0 Å². The number of thiophene rings is 2. The number of benzene rings is 9. The summed E-state index contributed by atoms with van der Waals surface area (Å²) in [5.74, 6) is 0.730. The van der Waals surface area contributed by atoms with Gasteiger partial charge in [-0.05, 0) is 77.5 Å². The third-order valence-corrected chi connectivity index (χ3v) is 15.0. The first-order chi connectivity index (χ1) is 30.7. The van der Waals surface area contributed by atoms with E-state index in [4.69, 9.17) is 9.97 Å². The van der Waals surface area contributed by atoms with E-state index in [1.54, 1.807) is 11.3 Å². The van der Waals surface area contributed by atoms with Gasteiger partial charge in [0.25, 0.3) is 0 Å². The van der Waals surface area contributed by atoms with Crippen molar-refractivity contribution < 1.29 is 0 Å². The topological polar surface area (TPSA) is 35.6 Å². The highest BCUT2D eigenvalue weighted by atomic mass is 32.1. The molecule has 9 aromatic carbocycles. The van der Waals surface area contributed by atoms with E-state index in [1.807, 2.05) is 11.3 Å². The minimum absolute atomic E-state index is 0.730. The van der Waals surface area contributed by atoms with Crippen LogP contribution in [0.4, 0.5) is 0 Å². The van der Waals surface area contributed by atoms with Gasteiger partial charge in [0.2, 0.25) is 0 Å². The summed E-state index contributed by atoms with van der Waals surface area (Å²) in [5, 5.41) is 11.1. The molecular weight excluding hydrogens is 793 g/mol. The largest absolute Gasteiger partial charge is 0.309 e. The Labute approximate surface area is 362 Å². The molecule has 0 saturated carbocycles. The number of hydrogen-bond donors (Lipinski definition) is 0. The predicted molar refractivity (Wildman–Crippen MR) is 265 cm³/mol. The van der Waals surface area contributed by atoms with Crippen LogP contribution in [0.3, 0.4) is 0 Å². The summed E-state index contributed by atoms with van der Waals surface area (Å²) in [5.41, 5.74) is 11.1. The van der Waals surface area contributed by atoms with E-state index in [9.17, 15) is 0 Å². The SMILES string of the molecule is c1ccc(-n2c3ccccc3c3ccc(-c4nc(-c5ccc6c(c5)sc5cccc(-n7c8ccccc8c8cc9ccccc9cc87)c56)nc5c4sc4ccccc45)cc32)cc1. The van der Waals surface area contributed by atoms with Gasteiger partial charge >= 0.3 is 0 Å². The van der Waals surface area contributed by atoms with Crippen LogP contribution in [0.5, 0.6) is 0 Å². The van der Waals surface area contributed by atoms with E-state index in [1.165, 1.54) is 79.4 Å². The number of hydrogen-bond acceptors (Lipinski definition) is 4. The molecule has 0 N–H and O–H groups in total. The molecule has 14 rings (SSSR count). The lowest BCUT2D eigenvalue weighted by atomic mass is 10.1. The van der Waals surface area contributed by atoms with Crippen molar-refractivity contribution in [2.75, 3.05) is 0 Å². The fraction of sp³-hybridized carbons (Fsp3) is 0. The van der Waals surface area contributed by atoms with E-state index < -0.39 is 0 Å². The Balaban J connectivity index is 0.982. The molecule has 0 aliphatic carbocycles. The van der Waals surface area contributed by atoms with E-state index in [0.29, 0.717) is 0 Å². The third-order valence-electron chi connectivity index (χ3n) is 12.7. The van der Waals surface area contributed by atoms with Crippen molar-refractivity contribution in [3.05, 3.63) is 194 Å². The molecular formula is C56H32N4S2. The molecule has 0 spiro atoms. The molecule has 0 radical (unpaired) electrons. The van der Waals surface area contributed by atoms with Gasteiger partial charge in [-0.15, -0.1) is 22.7 Å². The number of aromatic nitrogens is 4. The summed E-state index contributed by atoms with van der Waals surface area (Å²) in [4.78, 5) is 10.9. The van der Waals surface area contributed by atoms with Gasteiger partial charge in [0.15, 0.2) is 5.82 Å². The van der Waals surface area contributed by atoms with Crippen LogP contribution in [0.2, 0.25) is 0 Å². The van der Waals surface area contributed by atoms with Crippen LogP contribution < -0.4 is 0 Å². The highest BCUT2D eigenvalue weighted by Crippen LogP contribution is 2.45. The molecule has 0 fully saturated rings. The quantitative estimate of drug-likeness (QED) is 0.177. The first-order valence-electron chi connectivity index (χ1n) is 20.9. The van der Waals surface area contributed by atoms with Gasteiger partial charge in [0.05, 0.1) is 43.7 Å². The second-order valence-corrected chi connectivity index (χ2v) is 18.3. The molecule has 0 bridgehead atoms. The van der Waals surface area contributed by atoms with Gasteiger partial charge in [-0.25, -0.2) is 9.97 Å². The van der Waals surface area contributed by atoms with Crippen LogP contribution in [0.25, 0.3) is 129 Å². The minimum Gasteiger partial charge on any atom is -0.309 e. The lowest BCUT2D eigenvalue weighted by molar-refractivity contribution is 1.18. The first kappa shape index (κ1) is 34.1. The molecule has 0 aliphatic heterocycles. The molecule has 0 aliphatic rings. The van der Waals surface area contributed by atoms with Crippen LogP contribution in [0, 0.1) is 0 Å². The second-order valence-electron chi connectivity index (χ2n) is 16.1. The molecule has 288 valence electrons. The fourth-order valence-corrected chi connectivity index (χ4v) is 12.3. The monoisotopic (exact) mass is 824 g/mol. The summed E-state index contributed by atoms with van der Waals surface area (Å²) in [6.07, 6.45) is 0. The van der Waals surface area contributed by atoms with Crippen LogP contribution in [0.1, 0.15) is 0 Å². The van der Waals surface area contributed by atoms with Crippen molar-refractivity contribution in [3.63, 3.8) is 0 Å². The van der Waals surface area contributed by atoms with Crippen molar-refractivity contribution in [1.82, 2.24) is 19.1 Å². The number of nitrogens with zero attached hydrogens (tertiary/aromatic N) is 4.